The average molecular weight is 525 g/mol. The van der Waals surface area contributed by atoms with Crippen LogP contribution >= 0.6 is 0 Å². The van der Waals surface area contributed by atoms with Crippen LogP contribution in [0.1, 0.15) is 61.8 Å². The van der Waals surface area contributed by atoms with Crippen molar-refractivity contribution in [2.24, 2.45) is 5.41 Å². The molecule has 1 aliphatic carbocycles. The highest BCUT2D eigenvalue weighted by molar-refractivity contribution is 6.28. The summed E-state index contributed by atoms with van der Waals surface area (Å²) in [4.78, 5) is 42.5. The Morgan fingerprint density at radius 1 is 1.13 bits per heavy atom. The highest BCUT2D eigenvalue weighted by Gasteiger charge is 2.47. The summed E-state index contributed by atoms with van der Waals surface area (Å²) in [5.41, 5.74) is 3.70. The Bertz CT molecular complexity index is 1550. The molecule has 1 saturated carbocycles. The molecular weight excluding hydrogens is 492 g/mol. The summed E-state index contributed by atoms with van der Waals surface area (Å²) >= 11 is 0. The molecule has 9 nitrogen and oxygen atoms in total. The van der Waals surface area contributed by atoms with E-state index in [1.165, 1.54) is 0 Å². The number of nitrogens with zero attached hydrogens (tertiary/aromatic N) is 4. The number of rotatable bonds is 5. The van der Waals surface area contributed by atoms with Gasteiger partial charge in [0.05, 0.1) is 23.6 Å². The molecule has 1 unspecified atom stereocenters. The second-order valence-corrected chi connectivity index (χ2v) is 11.6. The minimum atomic E-state index is -0.551. The van der Waals surface area contributed by atoms with Crippen LogP contribution in [0.4, 0.5) is 17.1 Å². The van der Waals surface area contributed by atoms with Crippen molar-refractivity contribution >= 4 is 45.6 Å². The number of anilines is 3. The minimum Gasteiger partial charge on any atom is -0.352 e. The third-order valence-electron chi connectivity index (χ3n) is 8.88. The predicted molar refractivity (Wildman–Crippen MR) is 149 cm³/mol. The van der Waals surface area contributed by atoms with Crippen molar-refractivity contribution in [3.05, 3.63) is 60.6 Å². The molecule has 4 heterocycles. The molecular formula is C30H32N6O3. The maximum absolute atomic E-state index is 13.4. The van der Waals surface area contributed by atoms with Crippen molar-refractivity contribution in [3.8, 4) is 0 Å². The first kappa shape index (κ1) is 23.9. The van der Waals surface area contributed by atoms with E-state index in [1.807, 2.05) is 52.3 Å². The van der Waals surface area contributed by atoms with Crippen LogP contribution in [0.25, 0.3) is 10.8 Å². The van der Waals surface area contributed by atoms with Crippen molar-refractivity contribution in [1.82, 2.24) is 20.0 Å². The third kappa shape index (κ3) is 3.90. The molecule has 39 heavy (non-hydrogen) atoms. The summed E-state index contributed by atoms with van der Waals surface area (Å²) in [5.74, 6) is -0.0247. The number of carbonyl (C=O) groups excluding carboxylic acids is 3. The fraction of sp³-hybridized carbons (Fsp3) is 0.400. The lowest BCUT2D eigenvalue weighted by atomic mass is 10.0. The van der Waals surface area contributed by atoms with Gasteiger partial charge in [0.15, 0.2) is 0 Å². The van der Waals surface area contributed by atoms with Crippen molar-refractivity contribution in [2.45, 2.75) is 57.5 Å². The molecule has 2 saturated heterocycles. The number of hydrogen-bond acceptors (Lipinski definition) is 5. The summed E-state index contributed by atoms with van der Waals surface area (Å²) in [7, 11) is 0. The van der Waals surface area contributed by atoms with Gasteiger partial charge in [-0.25, -0.2) is 0 Å². The van der Waals surface area contributed by atoms with Crippen molar-refractivity contribution in [2.75, 3.05) is 23.3 Å². The van der Waals surface area contributed by atoms with E-state index in [1.54, 1.807) is 4.90 Å². The first-order valence-corrected chi connectivity index (χ1v) is 13.8. The van der Waals surface area contributed by atoms with Gasteiger partial charge in [0.1, 0.15) is 6.04 Å². The Kier molecular flexibility index (Phi) is 5.33. The number of piperidine rings is 2. The topological polar surface area (TPSA) is 99.6 Å². The van der Waals surface area contributed by atoms with Gasteiger partial charge in [-0.15, -0.1) is 0 Å². The second-order valence-electron chi connectivity index (χ2n) is 11.6. The Morgan fingerprint density at radius 3 is 2.67 bits per heavy atom. The number of carbonyl (C=O) groups is 3. The molecule has 2 N–H and O–H groups in total. The van der Waals surface area contributed by atoms with Gasteiger partial charge < -0.3 is 15.5 Å². The summed E-state index contributed by atoms with van der Waals surface area (Å²) in [6.07, 6.45) is 8.85. The van der Waals surface area contributed by atoms with E-state index in [0.29, 0.717) is 30.0 Å². The molecule has 3 aliphatic heterocycles. The Hall–Kier alpha value is -4.14. The Morgan fingerprint density at radius 2 is 1.92 bits per heavy atom. The summed E-state index contributed by atoms with van der Waals surface area (Å²) in [5, 5.41) is 12.7. The second kappa shape index (κ2) is 8.69. The summed E-state index contributed by atoms with van der Waals surface area (Å²) < 4.78 is 2.00. The van der Waals surface area contributed by atoms with Crippen LogP contribution in [0.5, 0.6) is 0 Å². The SMILES string of the molecule is C=C1CCC(N2C(=O)c3cccc4c(Nc5cnn(C6CCN(C(=O)C7(C)CC7)CC6)c5)ccc2c34)C(=O)N1. The maximum atomic E-state index is 13.4. The van der Waals surface area contributed by atoms with E-state index in [4.69, 9.17) is 0 Å². The number of amides is 3. The number of benzene rings is 2. The van der Waals surface area contributed by atoms with Gasteiger partial charge in [0.25, 0.3) is 5.91 Å². The van der Waals surface area contributed by atoms with E-state index in [0.717, 1.165) is 66.6 Å². The van der Waals surface area contributed by atoms with Crippen LogP contribution in [0.15, 0.2) is 55.0 Å². The predicted octanol–water partition coefficient (Wildman–Crippen LogP) is 4.50. The lowest BCUT2D eigenvalue weighted by Gasteiger charge is -2.33. The zero-order valence-corrected chi connectivity index (χ0v) is 22.1. The third-order valence-corrected chi connectivity index (χ3v) is 8.88. The van der Waals surface area contributed by atoms with E-state index < -0.39 is 6.04 Å². The van der Waals surface area contributed by atoms with Crippen LogP contribution in [-0.2, 0) is 9.59 Å². The largest absolute Gasteiger partial charge is 0.352 e. The number of aromatic nitrogens is 2. The maximum Gasteiger partial charge on any atom is 0.259 e. The molecule has 3 aromatic rings. The quantitative estimate of drug-likeness (QED) is 0.512. The average Bonchev–Trinajstić information content (AvgIpc) is 3.40. The van der Waals surface area contributed by atoms with Gasteiger partial charge in [0.2, 0.25) is 11.8 Å². The molecule has 7 rings (SSSR count). The highest BCUT2D eigenvalue weighted by atomic mass is 16.2. The van der Waals surface area contributed by atoms with Crippen LogP contribution in [0, 0.1) is 5.41 Å². The van der Waals surface area contributed by atoms with Gasteiger partial charge in [-0.05, 0) is 56.7 Å². The smallest absolute Gasteiger partial charge is 0.259 e. The molecule has 1 atom stereocenters. The molecule has 0 spiro atoms. The molecule has 9 heteroatoms. The molecule has 1 aromatic heterocycles. The number of likely N-dealkylation sites (tertiary alicyclic amines) is 1. The van der Waals surface area contributed by atoms with Gasteiger partial charge >= 0.3 is 0 Å². The molecule has 3 amide bonds. The van der Waals surface area contributed by atoms with E-state index >= 15 is 0 Å². The fourth-order valence-corrected chi connectivity index (χ4v) is 6.31. The summed E-state index contributed by atoms with van der Waals surface area (Å²) in [6.45, 7) is 7.48. The molecule has 0 radical (unpaired) electrons. The van der Waals surface area contributed by atoms with Gasteiger partial charge in [0, 0.05) is 52.4 Å². The van der Waals surface area contributed by atoms with Crippen molar-refractivity contribution in [1.29, 1.82) is 0 Å². The van der Waals surface area contributed by atoms with E-state index in [-0.39, 0.29) is 23.3 Å². The Labute approximate surface area is 226 Å². The number of nitrogens with one attached hydrogen (secondary N) is 2. The minimum absolute atomic E-state index is 0.116. The standard InChI is InChI=1S/C30H32N6O3/c1-18-6-8-25(27(37)32-18)36-24-9-7-23(21-4-3-5-22(26(21)24)28(36)38)33-19-16-31-35(17-19)20-10-14-34(15-11-20)29(39)30(2)12-13-30/h3-5,7,9,16-17,20,25,33H,1,6,8,10-15H2,2H3,(H,32,37). The number of allylic oxidation sites excluding steroid dienone is 1. The lowest BCUT2D eigenvalue weighted by Crippen LogP contribution is -2.51. The molecule has 4 aliphatic rings. The number of hydrogen-bond donors (Lipinski definition) is 2. The lowest BCUT2D eigenvalue weighted by molar-refractivity contribution is -0.137. The van der Waals surface area contributed by atoms with Crippen LogP contribution in [-0.4, -0.2) is 51.5 Å². The normalized spacial score (nSPS) is 22.4. The Balaban J connectivity index is 1.10. The first-order valence-electron chi connectivity index (χ1n) is 13.8. The van der Waals surface area contributed by atoms with Gasteiger partial charge in [-0.2, -0.15) is 5.10 Å². The van der Waals surface area contributed by atoms with Crippen molar-refractivity contribution < 1.29 is 14.4 Å². The van der Waals surface area contributed by atoms with Crippen LogP contribution in [0.3, 0.4) is 0 Å². The van der Waals surface area contributed by atoms with Gasteiger partial charge in [-0.1, -0.05) is 25.6 Å². The zero-order chi connectivity index (χ0) is 26.9. The summed E-state index contributed by atoms with van der Waals surface area (Å²) in [6, 6.07) is 9.31. The fourth-order valence-electron chi connectivity index (χ4n) is 6.31. The van der Waals surface area contributed by atoms with E-state index in [9.17, 15) is 14.4 Å². The molecule has 3 fully saturated rings. The monoisotopic (exact) mass is 524 g/mol. The molecule has 200 valence electrons. The highest BCUT2D eigenvalue weighted by Crippen LogP contribution is 2.47. The first-order chi connectivity index (χ1) is 18.8. The van der Waals surface area contributed by atoms with Crippen molar-refractivity contribution in [3.63, 3.8) is 0 Å². The van der Waals surface area contributed by atoms with E-state index in [2.05, 4.69) is 29.2 Å². The van der Waals surface area contributed by atoms with Crippen LogP contribution in [0.2, 0.25) is 0 Å². The van der Waals surface area contributed by atoms with Crippen LogP contribution < -0.4 is 15.5 Å². The zero-order valence-electron chi connectivity index (χ0n) is 22.1. The molecule has 0 bridgehead atoms. The molecule has 2 aromatic carbocycles. The van der Waals surface area contributed by atoms with Gasteiger partial charge in [-0.3, -0.25) is 24.0 Å².